The van der Waals surface area contributed by atoms with Crippen LogP contribution in [0.5, 0.6) is 5.75 Å². The van der Waals surface area contributed by atoms with Crippen molar-refractivity contribution in [3.8, 4) is 28.3 Å². The van der Waals surface area contributed by atoms with E-state index in [1.807, 2.05) is 42.5 Å². The number of aromatic nitrogens is 1. The van der Waals surface area contributed by atoms with Gasteiger partial charge < -0.3 is 9.52 Å². The molecule has 146 valence electrons. The molecule has 0 fully saturated rings. The SMILES string of the molecule is O=C(CCCCCCc1nc(-c2ccccc2)c(-c2ccc(O)cc2)o1)NO. The first-order chi connectivity index (χ1) is 13.7. The normalized spacial score (nSPS) is 10.8. The van der Waals surface area contributed by atoms with Gasteiger partial charge in [-0.3, -0.25) is 10.0 Å². The highest BCUT2D eigenvalue weighted by atomic mass is 16.5. The number of rotatable bonds is 9. The van der Waals surface area contributed by atoms with Crippen molar-refractivity contribution >= 4 is 5.91 Å². The average molecular weight is 380 g/mol. The Balaban J connectivity index is 1.69. The fraction of sp³-hybridized carbons (Fsp3) is 0.273. The molecule has 0 unspecified atom stereocenters. The molecule has 2 aromatic carbocycles. The predicted octanol–water partition coefficient (Wildman–Crippen LogP) is 4.71. The Morgan fingerprint density at radius 1 is 0.929 bits per heavy atom. The third kappa shape index (κ3) is 5.20. The van der Waals surface area contributed by atoms with Crippen molar-refractivity contribution in [3.63, 3.8) is 0 Å². The molecule has 6 heteroatoms. The van der Waals surface area contributed by atoms with Crippen molar-refractivity contribution in [2.45, 2.75) is 38.5 Å². The number of aryl methyl sites for hydroxylation is 1. The molecule has 3 N–H and O–H groups in total. The summed E-state index contributed by atoms with van der Waals surface area (Å²) < 4.78 is 6.07. The quantitative estimate of drug-likeness (QED) is 0.284. The van der Waals surface area contributed by atoms with E-state index >= 15 is 0 Å². The molecule has 0 spiro atoms. The molecule has 0 radical (unpaired) electrons. The fourth-order valence-corrected chi connectivity index (χ4v) is 3.04. The second kappa shape index (κ2) is 9.71. The van der Waals surface area contributed by atoms with Crippen molar-refractivity contribution in [3.05, 3.63) is 60.5 Å². The fourth-order valence-electron chi connectivity index (χ4n) is 3.04. The predicted molar refractivity (Wildman–Crippen MR) is 106 cm³/mol. The van der Waals surface area contributed by atoms with Crippen LogP contribution in [0.15, 0.2) is 59.0 Å². The molecule has 0 aliphatic carbocycles. The van der Waals surface area contributed by atoms with E-state index in [9.17, 15) is 9.90 Å². The molecule has 28 heavy (non-hydrogen) atoms. The number of benzene rings is 2. The van der Waals surface area contributed by atoms with Crippen molar-refractivity contribution in [2.24, 2.45) is 0 Å². The Labute approximate surface area is 163 Å². The van der Waals surface area contributed by atoms with Gasteiger partial charge in [0.25, 0.3) is 0 Å². The molecule has 0 saturated heterocycles. The highest BCUT2D eigenvalue weighted by Crippen LogP contribution is 2.33. The van der Waals surface area contributed by atoms with Gasteiger partial charge in [0, 0.05) is 24.0 Å². The van der Waals surface area contributed by atoms with Gasteiger partial charge in [0.2, 0.25) is 5.91 Å². The van der Waals surface area contributed by atoms with Crippen LogP contribution in [0.2, 0.25) is 0 Å². The van der Waals surface area contributed by atoms with E-state index in [1.54, 1.807) is 17.6 Å². The number of carbonyl (C=O) groups is 1. The lowest BCUT2D eigenvalue weighted by Gasteiger charge is -2.01. The molecule has 0 bridgehead atoms. The number of aromatic hydroxyl groups is 1. The molecule has 0 atom stereocenters. The average Bonchev–Trinajstić information content (AvgIpc) is 3.15. The summed E-state index contributed by atoms with van der Waals surface area (Å²) in [6.45, 7) is 0. The van der Waals surface area contributed by atoms with Crippen LogP contribution in [0.25, 0.3) is 22.6 Å². The van der Waals surface area contributed by atoms with Gasteiger partial charge in [-0.15, -0.1) is 0 Å². The first-order valence-electron chi connectivity index (χ1n) is 9.45. The molecule has 0 aliphatic rings. The van der Waals surface area contributed by atoms with Crippen LogP contribution in [0.1, 0.15) is 38.0 Å². The van der Waals surface area contributed by atoms with Gasteiger partial charge in [-0.1, -0.05) is 43.2 Å². The van der Waals surface area contributed by atoms with Crippen LogP contribution in [-0.2, 0) is 11.2 Å². The first kappa shape index (κ1) is 19.6. The number of oxazole rings is 1. The molecule has 0 aliphatic heterocycles. The molecule has 1 heterocycles. The zero-order chi connectivity index (χ0) is 19.8. The van der Waals surface area contributed by atoms with Crippen molar-refractivity contribution in [2.75, 3.05) is 0 Å². The van der Waals surface area contributed by atoms with Gasteiger partial charge in [0.15, 0.2) is 11.7 Å². The van der Waals surface area contributed by atoms with Crippen molar-refractivity contribution < 1.29 is 19.5 Å². The van der Waals surface area contributed by atoms with Gasteiger partial charge in [0.05, 0.1) is 0 Å². The Morgan fingerprint density at radius 3 is 2.36 bits per heavy atom. The number of carbonyl (C=O) groups excluding carboxylic acids is 1. The Morgan fingerprint density at radius 2 is 1.64 bits per heavy atom. The van der Waals surface area contributed by atoms with E-state index in [4.69, 9.17) is 14.6 Å². The van der Waals surface area contributed by atoms with Crippen LogP contribution >= 0.6 is 0 Å². The molecule has 1 aromatic heterocycles. The van der Waals surface area contributed by atoms with E-state index in [2.05, 4.69) is 0 Å². The minimum Gasteiger partial charge on any atom is -0.508 e. The first-order valence-corrected chi connectivity index (χ1v) is 9.45. The van der Waals surface area contributed by atoms with Gasteiger partial charge in [-0.25, -0.2) is 10.5 Å². The molecule has 1 amide bonds. The second-order valence-corrected chi connectivity index (χ2v) is 6.65. The standard InChI is InChI=1S/C22H24N2O4/c25-18-14-12-17(13-15-18)22-21(16-8-4-3-5-9-16)23-20(28-22)11-7-2-1-6-10-19(26)24-27/h3-5,8-9,12-15,25,27H,1-2,6-7,10-11H2,(H,24,26). The highest BCUT2D eigenvalue weighted by Gasteiger charge is 2.16. The third-order valence-electron chi connectivity index (χ3n) is 4.52. The number of phenolic OH excluding ortho intramolecular Hbond substituents is 1. The lowest BCUT2D eigenvalue weighted by molar-refractivity contribution is -0.129. The summed E-state index contributed by atoms with van der Waals surface area (Å²) >= 11 is 0. The van der Waals surface area contributed by atoms with Crippen LogP contribution < -0.4 is 5.48 Å². The number of hydroxylamine groups is 1. The minimum absolute atomic E-state index is 0.208. The Bertz CT molecular complexity index is 889. The maximum Gasteiger partial charge on any atom is 0.243 e. The van der Waals surface area contributed by atoms with E-state index in [0.717, 1.165) is 42.5 Å². The van der Waals surface area contributed by atoms with Gasteiger partial charge in [-0.2, -0.15) is 0 Å². The van der Waals surface area contributed by atoms with E-state index in [1.165, 1.54) is 0 Å². The monoisotopic (exact) mass is 380 g/mol. The number of unbranched alkanes of at least 4 members (excludes halogenated alkanes) is 3. The number of nitrogens with zero attached hydrogens (tertiary/aromatic N) is 1. The van der Waals surface area contributed by atoms with Gasteiger partial charge in [0.1, 0.15) is 11.4 Å². The highest BCUT2D eigenvalue weighted by molar-refractivity contribution is 5.77. The van der Waals surface area contributed by atoms with E-state index in [0.29, 0.717) is 24.5 Å². The summed E-state index contributed by atoms with van der Waals surface area (Å²) in [4.78, 5) is 15.7. The number of hydrogen-bond donors (Lipinski definition) is 3. The topological polar surface area (TPSA) is 95.6 Å². The summed E-state index contributed by atoms with van der Waals surface area (Å²) in [6, 6.07) is 16.8. The van der Waals surface area contributed by atoms with E-state index < -0.39 is 0 Å². The summed E-state index contributed by atoms with van der Waals surface area (Å²) in [7, 11) is 0. The van der Waals surface area contributed by atoms with Gasteiger partial charge in [-0.05, 0) is 37.1 Å². The Hall–Kier alpha value is -3.12. The van der Waals surface area contributed by atoms with Crippen LogP contribution in [0, 0.1) is 0 Å². The van der Waals surface area contributed by atoms with Crippen molar-refractivity contribution in [1.29, 1.82) is 0 Å². The molecule has 3 aromatic rings. The third-order valence-corrected chi connectivity index (χ3v) is 4.52. The van der Waals surface area contributed by atoms with E-state index in [-0.39, 0.29) is 11.7 Å². The zero-order valence-corrected chi connectivity index (χ0v) is 15.6. The zero-order valence-electron chi connectivity index (χ0n) is 15.6. The van der Waals surface area contributed by atoms with Crippen LogP contribution in [0.4, 0.5) is 0 Å². The number of nitrogens with one attached hydrogen (secondary N) is 1. The summed E-state index contributed by atoms with van der Waals surface area (Å²) in [5, 5.41) is 18.0. The molecular weight excluding hydrogens is 356 g/mol. The smallest absolute Gasteiger partial charge is 0.243 e. The maximum absolute atomic E-state index is 11.0. The number of hydrogen-bond acceptors (Lipinski definition) is 5. The Kier molecular flexibility index (Phi) is 6.81. The van der Waals surface area contributed by atoms with Gasteiger partial charge >= 0.3 is 0 Å². The lowest BCUT2D eigenvalue weighted by atomic mass is 10.1. The largest absolute Gasteiger partial charge is 0.508 e. The molecular formula is C22H24N2O4. The second-order valence-electron chi connectivity index (χ2n) is 6.65. The van der Waals surface area contributed by atoms with Crippen LogP contribution in [0.3, 0.4) is 0 Å². The summed E-state index contributed by atoms with van der Waals surface area (Å²) in [5.41, 5.74) is 4.29. The molecule has 3 rings (SSSR count). The molecule has 6 nitrogen and oxygen atoms in total. The number of phenols is 1. The minimum atomic E-state index is -0.348. The van der Waals surface area contributed by atoms with Crippen molar-refractivity contribution in [1.82, 2.24) is 10.5 Å². The summed E-state index contributed by atoms with van der Waals surface area (Å²) in [6.07, 6.45) is 4.56. The maximum atomic E-state index is 11.0. The molecule has 0 saturated carbocycles. The van der Waals surface area contributed by atoms with Crippen LogP contribution in [-0.4, -0.2) is 21.2 Å². The number of amides is 1. The lowest BCUT2D eigenvalue weighted by Crippen LogP contribution is -2.17. The summed E-state index contributed by atoms with van der Waals surface area (Å²) in [5.74, 6) is 1.23.